The Hall–Kier alpha value is -3.54. The van der Waals surface area contributed by atoms with Gasteiger partial charge in [-0.15, -0.1) is 0 Å². The Kier molecular flexibility index (Phi) is 3.50. The zero-order valence-corrected chi connectivity index (χ0v) is 13.6. The average molecular weight is 331 g/mol. The molecule has 0 saturated heterocycles. The van der Waals surface area contributed by atoms with Gasteiger partial charge in [-0.3, -0.25) is 5.10 Å². The molecule has 0 bridgehead atoms. The van der Waals surface area contributed by atoms with Gasteiger partial charge in [0.1, 0.15) is 11.3 Å². The van der Waals surface area contributed by atoms with Crippen LogP contribution in [-0.4, -0.2) is 20.3 Å². The van der Waals surface area contributed by atoms with E-state index in [-0.39, 0.29) is 5.75 Å². The first-order chi connectivity index (χ1) is 12.1. The maximum absolute atomic E-state index is 9.76. The number of anilines is 3. The number of nitrogens with one attached hydrogen (secondary N) is 2. The average Bonchev–Trinajstić information content (AvgIpc) is 3.00. The van der Waals surface area contributed by atoms with E-state index in [0.717, 1.165) is 33.3 Å². The molecule has 0 spiro atoms. The van der Waals surface area contributed by atoms with Crippen molar-refractivity contribution in [2.24, 2.45) is 0 Å². The minimum absolute atomic E-state index is 0.190. The van der Waals surface area contributed by atoms with Crippen molar-refractivity contribution in [1.82, 2.24) is 15.2 Å². The smallest absolute Gasteiger partial charge is 0.156 e. The van der Waals surface area contributed by atoms with E-state index in [1.807, 2.05) is 37.3 Å². The molecule has 2 aromatic carbocycles. The number of nitrogens with zero attached hydrogens (tertiary/aromatic N) is 2. The molecule has 2 aromatic heterocycles. The predicted octanol–water partition coefficient (Wildman–Crippen LogP) is 3.96. The van der Waals surface area contributed by atoms with E-state index in [0.29, 0.717) is 11.6 Å². The summed E-state index contributed by atoms with van der Waals surface area (Å²) in [7, 11) is 0. The van der Waals surface area contributed by atoms with Gasteiger partial charge in [0.05, 0.1) is 5.39 Å². The fourth-order valence-electron chi connectivity index (χ4n) is 2.89. The number of aryl methyl sites for hydroxylation is 1. The number of nitrogens with two attached hydrogens (primary N) is 1. The predicted molar refractivity (Wildman–Crippen MR) is 99.9 cm³/mol. The van der Waals surface area contributed by atoms with Crippen LogP contribution in [0.15, 0.2) is 54.7 Å². The number of hydrogen-bond donors (Lipinski definition) is 4. The number of rotatable bonds is 3. The Morgan fingerprint density at radius 3 is 2.76 bits per heavy atom. The lowest BCUT2D eigenvalue weighted by atomic mass is 10.0. The SMILES string of the molecule is Cc1ccccc1Nc1ncc(-c2cccc(O)c2)c2c(N)n[nH]c12. The summed E-state index contributed by atoms with van der Waals surface area (Å²) in [5.74, 6) is 1.23. The lowest BCUT2D eigenvalue weighted by molar-refractivity contribution is 0.475. The van der Waals surface area contributed by atoms with Crippen LogP contribution in [0.3, 0.4) is 0 Å². The first-order valence-corrected chi connectivity index (χ1v) is 7.88. The van der Waals surface area contributed by atoms with Gasteiger partial charge in [-0.2, -0.15) is 5.10 Å². The number of aromatic nitrogens is 3. The minimum Gasteiger partial charge on any atom is -0.508 e. The van der Waals surface area contributed by atoms with Crippen LogP contribution in [0, 0.1) is 6.92 Å². The lowest BCUT2D eigenvalue weighted by Crippen LogP contribution is -1.98. The van der Waals surface area contributed by atoms with Crippen molar-refractivity contribution in [1.29, 1.82) is 0 Å². The first kappa shape index (κ1) is 15.0. The number of pyridine rings is 1. The van der Waals surface area contributed by atoms with E-state index >= 15 is 0 Å². The van der Waals surface area contributed by atoms with E-state index in [1.165, 1.54) is 0 Å². The highest BCUT2D eigenvalue weighted by Crippen LogP contribution is 2.36. The summed E-state index contributed by atoms with van der Waals surface area (Å²) in [5.41, 5.74) is 10.5. The first-order valence-electron chi connectivity index (χ1n) is 7.88. The molecule has 0 aliphatic rings. The Labute approximate surface area is 144 Å². The molecule has 6 heteroatoms. The standard InChI is InChI=1S/C19H17N5O/c1-11-5-2-3-8-15(11)22-19-17-16(18(20)24-23-17)14(10-21-19)12-6-4-7-13(25)9-12/h2-10,25H,1H3,(H,21,22)(H3,20,23,24). The molecule has 0 radical (unpaired) electrons. The monoisotopic (exact) mass is 331 g/mol. The molecule has 0 aliphatic heterocycles. The Bertz CT molecular complexity index is 1070. The lowest BCUT2D eigenvalue weighted by Gasteiger charge is -2.11. The quantitative estimate of drug-likeness (QED) is 0.455. The molecular formula is C19H17N5O. The van der Waals surface area contributed by atoms with Crippen LogP contribution >= 0.6 is 0 Å². The van der Waals surface area contributed by atoms with Crippen molar-refractivity contribution in [3.63, 3.8) is 0 Å². The topological polar surface area (TPSA) is 99.8 Å². The summed E-state index contributed by atoms with van der Waals surface area (Å²) in [5, 5.41) is 21.0. The molecule has 0 unspecified atom stereocenters. The maximum Gasteiger partial charge on any atom is 0.156 e. The van der Waals surface area contributed by atoms with E-state index in [4.69, 9.17) is 5.73 Å². The number of fused-ring (bicyclic) bond motifs is 1. The zero-order valence-electron chi connectivity index (χ0n) is 13.6. The highest BCUT2D eigenvalue weighted by molar-refractivity contribution is 6.06. The Balaban J connectivity index is 1.87. The summed E-state index contributed by atoms with van der Waals surface area (Å²) in [6.45, 7) is 2.03. The normalized spacial score (nSPS) is 10.9. The third-order valence-corrected chi connectivity index (χ3v) is 4.18. The molecule has 5 N–H and O–H groups in total. The van der Waals surface area contributed by atoms with Crippen molar-refractivity contribution in [3.8, 4) is 16.9 Å². The van der Waals surface area contributed by atoms with Gasteiger partial charge in [0.15, 0.2) is 11.6 Å². The second kappa shape index (κ2) is 5.83. The number of benzene rings is 2. The van der Waals surface area contributed by atoms with Gasteiger partial charge in [-0.1, -0.05) is 30.3 Å². The molecule has 0 fully saturated rings. The van der Waals surface area contributed by atoms with Crippen LogP contribution in [0.2, 0.25) is 0 Å². The fraction of sp³-hybridized carbons (Fsp3) is 0.0526. The second-order valence-electron chi connectivity index (χ2n) is 5.87. The number of phenols is 1. The Morgan fingerprint density at radius 2 is 1.96 bits per heavy atom. The highest BCUT2D eigenvalue weighted by Gasteiger charge is 2.15. The third-order valence-electron chi connectivity index (χ3n) is 4.18. The van der Waals surface area contributed by atoms with E-state index in [9.17, 15) is 5.11 Å². The van der Waals surface area contributed by atoms with Gasteiger partial charge in [-0.05, 0) is 36.2 Å². The molecule has 0 aliphatic carbocycles. The van der Waals surface area contributed by atoms with Crippen molar-refractivity contribution in [2.45, 2.75) is 6.92 Å². The molecule has 4 aromatic rings. The number of nitrogen functional groups attached to an aromatic ring is 1. The van der Waals surface area contributed by atoms with Crippen LogP contribution in [-0.2, 0) is 0 Å². The highest BCUT2D eigenvalue weighted by atomic mass is 16.3. The summed E-state index contributed by atoms with van der Waals surface area (Å²) in [6.07, 6.45) is 1.74. The van der Waals surface area contributed by atoms with Gasteiger partial charge in [0, 0.05) is 17.4 Å². The molecule has 0 amide bonds. The Morgan fingerprint density at radius 1 is 1.12 bits per heavy atom. The van der Waals surface area contributed by atoms with Crippen LogP contribution in [0.25, 0.3) is 22.0 Å². The summed E-state index contributed by atoms with van der Waals surface area (Å²) in [4.78, 5) is 4.54. The number of hydrogen-bond acceptors (Lipinski definition) is 5. The molecule has 25 heavy (non-hydrogen) atoms. The van der Waals surface area contributed by atoms with Gasteiger partial charge >= 0.3 is 0 Å². The van der Waals surface area contributed by atoms with Gasteiger partial charge in [-0.25, -0.2) is 4.98 Å². The number of H-pyrrole nitrogens is 1. The molecular weight excluding hydrogens is 314 g/mol. The van der Waals surface area contributed by atoms with Crippen LogP contribution in [0.5, 0.6) is 5.75 Å². The van der Waals surface area contributed by atoms with Crippen molar-refractivity contribution < 1.29 is 5.11 Å². The molecule has 124 valence electrons. The van der Waals surface area contributed by atoms with Gasteiger partial charge in [0.25, 0.3) is 0 Å². The summed E-state index contributed by atoms with van der Waals surface area (Å²) < 4.78 is 0. The van der Waals surface area contributed by atoms with Gasteiger partial charge < -0.3 is 16.2 Å². The van der Waals surface area contributed by atoms with Crippen molar-refractivity contribution in [2.75, 3.05) is 11.1 Å². The number of phenolic OH excluding ortho intramolecular Hbond substituents is 1. The summed E-state index contributed by atoms with van der Waals surface area (Å²) in [6, 6.07) is 15.0. The molecule has 4 rings (SSSR count). The van der Waals surface area contributed by atoms with Gasteiger partial charge in [0.2, 0.25) is 0 Å². The molecule has 2 heterocycles. The van der Waals surface area contributed by atoms with Crippen molar-refractivity contribution in [3.05, 3.63) is 60.3 Å². The van der Waals surface area contributed by atoms with E-state index < -0.39 is 0 Å². The maximum atomic E-state index is 9.76. The van der Waals surface area contributed by atoms with Crippen LogP contribution < -0.4 is 11.1 Å². The largest absolute Gasteiger partial charge is 0.508 e. The fourth-order valence-corrected chi connectivity index (χ4v) is 2.89. The van der Waals surface area contributed by atoms with E-state index in [2.05, 4.69) is 20.5 Å². The second-order valence-corrected chi connectivity index (χ2v) is 5.87. The van der Waals surface area contributed by atoms with E-state index in [1.54, 1.807) is 24.4 Å². The number of aromatic amines is 1. The van der Waals surface area contributed by atoms with Crippen LogP contribution in [0.4, 0.5) is 17.3 Å². The van der Waals surface area contributed by atoms with Crippen LogP contribution in [0.1, 0.15) is 5.56 Å². The van der Waals surface area contributed by atoms with Crippen molar-refractivity contribution >= 4 is 28.2 Å². The number of para-hydroxylation sites is 1. The minimum atomic E-state index is 0.190. The molecule has 6 nitrogen and oxygen atoms in total. The third kappa shape index (κ3) is 2.63. The molecule has 0 saturated carbocycles. The molecule has 0 atom stereocenters. The summed E-state index contributed by atoms with van der Waals surface area (Å²) >= 11 is 0. The number of aromatic hydroxyl groups is 1. The zero-order chi connectivity index (χ0) is 17.4.